The number of fused-ring (bicyclic) bond motifs is 1. The fourth-order valence-corrected chi connectivity index (χ4v) is 4.77. The van der Waals surface area contributed by atoms with Crippen LogP contribution < -0.4 is 4.74 Å². The number of halogens is 1. The predicted octanol–water partition coefficient (Wildman–Crippen LogP) is 1.61. The molecule has 0 aromatic carbocycles. The van der Waals surface area contributed by atoms with Gasteiger partial charge in [-0.3, -0.25) is 0 Å². The summed E-state index contributed by atoms with van der Waals surface area (Å²) in [5, 5.41) is 0. The zero-order chi connectivity index (χ0) is 15.0. The van der Waals surface area contributed by atoms with Crippen molar-refractivity contribution in [2.24, 2.45) is 5.92 Å². The van der Waals surface area contributed by atoms with E-state index in [0.29, 0.717) is 30.3 Å². The first-order valence-corrected chi connectivity index (χ1v) is 9.04. The van der Waals surface area contributed by atoms with Crippen LogP contribution in [-0.4, -0.2) is 41.6 Å². The monoisotopic (exact) mass is 329 g/mol. The Balaban J connectivity index is 1.99. The number of nitrogens with zero attached hydrogens (tertiary/aromatic N) is 3. The lowest BCUT2D eigenvalue weighted by Gasteiger charge is -2.12. The van der Waals surface area contributed by atoms with E-state index in [1.165, 1.54) is 0 Å². The lowest BCUT2D eigenvalue weighted by molar-refractivity contribution is 0.398. The van der Waals surface area contributed by atoms with Gasteiger partial charge in [-0.05, 0) is 18.4 Å². The lowest BCUT2D eigenvalue weighted by atomic mass is 10.1. The number of imidazole rings is 1. The molecular weight excluding hydrogens is 314 g/mol. The number of hydrogen-bond donors (Lipinski definition) is 0. The van der Waals surface area contributed by atoms with Crippen molar-refractivity contribution >= 4 is 32.6 Å². The van der Waals surface area contributed by atoms with E-state index in [2.05, 4.69) is 9.97 Å². The second-order valence-corrected chi connectivity index (χ2v) is 7.73. The van der Waals surface area contributed by atoms with Gasteiger partial charge in [0.05, 0.1) is 24.5 Å². The SMILES string of the molecule is COc1ccc2nc(CCl)n(CC3CCS(=O)(=O)C3)c2n1. The van der Waals surface area contributed by atoms with Crippen molar-refractivity contribution in [3.63, 3.8) is 0 Å². The minimum absolute atomic E-state index is 0.0855. The third-order valence-corrected chi connectivity index (χ3v) is 5.82. The highest BCUT2D eigenvalue weighted by molar-refractivity contribution is 7.91. The standard InChI is InChI=1S/C13H16ClN3O3S/c1-20-12-3-2-10-13(16-12)17(11(6-14)15-10)7-9-4-5-21(18,19)8-9/h2-3,9H,4-8H2,1H3. The normalized spacial score (nSPS) is 21.0. The fourth-order valence-electron chi connectivity index (χ4n) is 2.71. The number of methoxy groups -OCH3 is 1. The van der Waals surface area contributed by atoms with E-state index >= 15 is 0 Å². The first kappa shape index (κ1) is 14.6. The van der Waals surface area contributed by atoms with Crippen LogP contribution in [0.15, 0.2) is 12.1 Å². The van der Waals surface area contributed by atoms with Gasteiger partial charge in [-0.25, -0.2) is 13.4 Å². The Morgan fingerprint density at radius 1 is 1.43 bits per heavy atom. The first-order chi connectivity index (χ1) is 10.0. The van der Waals surface area contributed by atoms with Crippen molar-refractivity contribution in [2.45, 2.75) is 18.8 Å². The van der Waals surface area contributed by atoms with E-state index in [1.807, 2.05) is 10.6 Å². The molecule has 1 aliphatic heterocycles. The van der Waals surface area contributed by atoms with Crippen LogP contribution in [0, 0.1) is 5.92 Å². The summed E-state index contributed by atoms with van der Waals surface area (Å²) in [7, 11) is -1.34. The molecule has 0 amide bonds. The average Bonchev–Trinajstić information content (AvgIpc) is 2.99. The predicted molar refractivity (Wildman–Crippen MR) is 80.4 cm³/mol. The third-order valence-electron chi connectivity index (χ3n) is 3.74. The van der Waals surface area contributed by atoms with Crippen molar-refractivity contribution in [3.8, 4) is 5.88 Å². The lowest BCUT2D eigenvalue weighted by Crippen LogP contribution is -2.14. The van der Waals surface area contributed by atoms with Gasteiger partial charge < -0.3 is 9.30 Å². The largest absolute Gasteiger partial charge is 0.481 e. The molecule has 0 saturated carbocycles. The van der Waals surface area contributed by atoms with Crippen LogP contribution in [0.2, 0.25) is 0 Å². The molecule has 0 spiro atoms. The Hall–Kier alpha value is -1.34. The molecule has 114 valence electrons. The Kier molecular flexibility index (Phi) is 3.79. The second kappa shape index (κ2) is 5.46. The number of sulfone groups is 1. The Morgan fingerprint density at radius 2 is 2.24 bits per heavy atom. The first-order valence-electron chi connectivity index (χ1n) is 6.69. The van der Waals surface area contributed by atoms with Gasteiger partial charge in [0.1, 0.15) is 11.3 Å². The molecular formula is C13H16ClN3O3S. The Bertz CT molecular complexity index is 772. The van der Waals surface area contributed by atoms with Crippen LogP contribution in [-0.2, 0) is 22.3 Å². The summed E-state index contributed by atoms with van der Waals surface area (Å²) in [6.07, 6.45) is 0.674. The number of rotatable bonds is 4. The summed E-state index contributed by atoms with van der Waals surface area (Å²) in [6, 6.07) is 3.58. The van der Waals surface area contributed by atoms with Crippen molar-refractivity contribution in [3.05, 3.63) is 18.0 Å². The molecule has 0 N–H and O–H groups in total. The van der Waals surface area contributed by atoms with Gasteiger partial charge in [0.25, 0.3) is 0 Å². The Labute approximate surface area is 128 Å². The summed E-state index contributed by atoms with van der Waals surface area (Å²) in [6.45, 7) is 0.567. The number of aromatic nitrogens is 3. The maximum absolute atomic E-state index is 11.6. The molecule has 1 aliphatic rings. The summed E-state index contributed by atoms with van der Waals surface area (Å²) in [5.74, 6) is 2.04. The van der Waals surface area contributed by atoms with Crippen LogP contribution in [0.1, 0.15) is 12.2 Å². The van der Waals surface area contributed by atoms with E-state index < -0.39 is 9.84 Å². The average molecular weight is 330 g/mol. The number of hydrogen-bond acceptors (Lipinski definition) is 5. The van der Waals surface area contributed by atoms with Crippen molar-refractivity contribution in [1.82, 2.24) is 14.5 Å². The van der Waals surface area contributed by atoms with Crippen LogP contribution >= 0.6 is 11.6 Å². The van der Waals surface area contributed by atoms with E-state index in [9.17, 15) is 8.42 Å². The van der Waals surface area contributed by atoms with Crippen molar-refractivity contribution < 1.29 is 13.2 Å². The van der Waals surface area contributed by atoms with E-state index in [4.69, 9.17) is 16.3 Å². The molecule has 0 aliphatic carbocycles. The molecule has 1 atom stereocenters. The maximum Gasteiger partial charge on any atom is 0.215 e. The van der Waals surface area contributed by atoms with Gasteiger partial charge in [-0.1, -0.05) is 0 Å². The van der Waals surface area contributed by atoms with Crippen LogP contribution in [0.3, 0.4) is 0 Å². The summed E-state index contributed by atoms with van der Waals surface area (Å²) in [5.41, 5.74) is 1.43. The zero-order valence-corrected chi connectivity index (χ0v) is 13.2. The van der Waals surface area contributed by atoms with Gasteiger partial charge >= 0.3 is 0 Å². The van der Waals surface area contributed by atoms with Crippen molar-refractivity contribution in [2.75, 3.05) is 18.6 Å². The van der Waals surface area contributed by atoms with Crippen molar-refractivity contribution in [1.29, 1.82) is 0 Å². The van der Waals surface area contributed by atoms with Gasteiger partial charge in [0, 0.05) is 12.6 Å². The third kappa shape index (κ3) is 2.85. The molecule has 6 nitrogen and oxygen atoms in total. The highest BCUT2D eigenvalue weighted by Gasteiger charge is 2.29. The summed E-state index contributed by atoms with van der Waals surface area (Å²) < 4.78 is 30.3. The zero-order valence-electron chi connectivity index (χ0n) is 11.6. The van der Waals surface area contributed by atoms with Gasteiger partial charge in [-0.15, -0.1) is 11.6 Å². The number of ether oxygens (including phenoxy) is 1. The molecule has 3 heterocycles. The van der Waals surface area contributed by atoms with E-state index in [1.54, 1.807) is 13.2 Å². The quantitative estimate of drug-likeness (QED) is 0.797. The highest BCUT2D eigenvalue weighted by Crippen LogP contribution is 2.25. The summed E-state index contributed by atoms with van der Waals surface area (Å²) >= 11 is 5.96. The number of pyridine rings is 1. The maximum atomic E-state index is 11.6. The minimum Gasteiger partial charge on any atom is -0.481 e. The van der Waals surface area contributed by atoms with Gasteiger partial charge in [0.15, 0.2) is 15.5 Å². The fraction of sp³-hybridized carbons (Fsp3) is 0.538. The van der Waals surface area contributed by atoms with Crippen LogP contribution in [0.5, 0.6) is 5.88 Å². The van der Waals surface area contributed by atoms with E-state index in [-0.39, 0.29) is 23.3 Å². The molecule has 3 rings (SSSR count). The molecule has 8 heteroatoms. The molecule has 0 radical (unpaired) electrons. The topological polar surface area (TPSA) is 74.1 Å². The molecule has 1 saturated heterocycles. The van der Waals surface area contributed by atoms with Crippen LogP contribution in [0.25, 0.3) is 11.2 Å². The van der Waals surface area contributed by atoms with E-state index in [0.717, 1.165) is 5.52 Å². The smallest absolute Gasteiger partial charge is 0.215 e. The Morgan fingerprint density at radius 3 is 2.86 bits per heavy atom. The highest BCUT2D eigenvalue weighted by atomic mass is 35.5. The van der Waals surface area contributed by atoms with Gasteiger partial charge in [0.2, 0.25) is 5.88 Å². The molecule has 2 aromatic heterocycles. The minimum atomic E-state index is -2.90. The number of alkyl halides is 1. The molecule has 0 bridgehead atoms. The molecule has 21 heavy (non-hydrogen) atoms. The van der Waals surface area contributed by atoms with Gasteiger partial charge in [-0.2, -0.15) is 4.98 Å². The van der Waals surface area contributed by atoms with Crippen LogP contribution in [0.4, 0.5) is 0 Å². The molecule has 2 aromatic rings. The summed E-state index contributed by atoms with van der Waals surface area (Å²) in [4.78, 5) is 8.86. The molecule has 1 unspecified atom stereocenters. The second-order valence-electron chi connectivity index (χ2n) is 5.24. The molecule has 1 fully saturated rings.